The van der Waals surface area contributed by atoms with Crippen molar-refractivity contribution in [3.8, 4) is 23.0 Å². The molecule has 2 rings (SSSR count). The number of benzene rings is 2. The van der Waals surface area contributed by atoms with Gasteiger partial charge < -0.3 is 44.0 Å². The van der Waals surface area contributed by atoms with Gasteiger partial charge in [0.2, 0.25) is 0 Å². The van der Waals surface area contributed by atoms with E-state index in [-0.39, 0.29) is 18.8 Å². The standard InChI is InChI=1S/C37H53NO9/c1-4-7-30(27-33(40)13-10-32-12-14-34(36(28-32)44-6-3)46-25-23-41-18-5-2)8-9-31-11-15-35(37(29-31)45-19-16-38)47-26-24-43-22-21-42-20-17-39/h7-15,28-29,39H,4-6,16-27,38H2,1-3H3/b9-8+,13-10+,30-7?. The molecule has 10 heteroatoms. The van der Waals surface area contributed by atoms with Gasteiger partial charge in [-0.05, 0) is 66.8 Å². The highest BCUT2D eigenvalue weighted by atomic mass is 16.6. The molecule has 0 atom stereocenters. The zero-order chi connectivity index (χ0) is 34.0. The summed E-state index contributed by atoms with van der Waals surface area (Å²) in [6.07, 6.45) is 11.4. The molecular formula is C37H53NO9. The topological polar surface area (TPSA) is 128 Å². The third-order valence-corrected chi connectivity index (χ3v) is 6.33. The molecule has 2 aromatic carbocycles. The number of nitrogens with two attached hydrogens (primary N) is 1. The highest BCUT2D eigenvalue weighted by molar-refractivity contribution is 5.95. The molecular weight excluding hydrogens is 602 g/mol. The lowest BCUT2D eigenvalue weighted by molar-refractivity contribution is -0.113. The molecule has 47 heavy (non-hydrogen) atoms. The summed E-state index contributed by atoms with van der Waals surface area (Å²) in [6.45, 7) is 10.8. The summed E-state index contributed by atoms with van der Waals surface area (Å²) in [6, 6.07) is 11.3. The maximum absolute atomic E-state index is 12.9. The summed E-state index contributed by atoms with van der Waals surface area (Å²) in [5, 5.41) is 8.74. The van der Waals surface area contributed by atoms with Crippen LogP contribution < -0.4 is 24.7 Å². The molecule has 0 radical (unpaired) electrons. The van der Waals surface area contributed by atoms with Crippen LogP contribution in [0.2, 0.25) is 0 Å². The summed E-state index contributed by atoms with van der Waals surface area (Å²) < 4.78 is 39.5. The molecule has 0 saturated carbocycles. The Morgan fingerprint density at radius 3 is 1.81 bits per heavy atom. The first-order valence-corrected chi connectivity index (χ1v) is 16.5. The molecule has 0 amide bonds. The van der Waals surface area contributed by atoms with Crippen molar-refractivity contribution >= 4 is 17.9 Å². The van der Waals surface area contributed by atoms with E-state index >= 15 is 0 Å². The van der Waals surface area contributed by atoms with Gasteiger partial charge in [0.05, 0.1) is 46.2 Å². The molecule has 0 aliphatic rings. The van der Waals surface area contributed by atoms with Crippen LogP contribution in [0, 0.1) is 0 Å². The summed E-state index contributed by atoms with van der Waals surface area (Å²) in [5.41, 5.74) is 8.32. The Kier molecular flexibility index (Phi) is 21.4. The van der Waals surface area contributed by atoms with E-state index < -0.39 is 0 Å². The largest absolute Gasteiger partial charge is 0.490 e. The first kappa shape index (κ1) is 39.5. The van der Waals surface area contributed by atoms with E-state index in [4.69, 9.17) is 44.0 Å². The van der Waals surface area contributed by atoms with Crippen LogP contribution >= 0.6 is 0 Å². The number of rotatable bonds is 27. The van der Waals surface area contributed by atoms with Crippen LogP contribution in [-0.2, 0) is 19.0 Å². The van der Waals surface area contributed by atoms with Crippen molar-refractivity contribution in [1.82, 2.24) is 0 Å². The van der Waals surface area contributed by atoms with Crippen LogP contribution in [0.25, 0.3) is 12.2 Å². The Balaban J connectivity index is 2.00. The fraction of sp³-hybridized carbons (Fsp3) is 0.486. The molecule has 0 bridgehead atoms. The Morgan fingerprint density at radius 2 is 1.23 bits per heavy atom. The van der Waals surface area contributed by atoms with Gasteiger partial charge in [0.15, 0.2) is 28.8 Å². The fourth-order valence-electron chi connectivity index (χ4n) is 4.21. The van der Waals surface area contributed by atoms with Crippen LogP contribution in [0.5, 0.6) is 23.0 Å². The van der Waals surface area contributed by atoms with Crippen molar-refractivity contribution in [2.75, 3.05) is 79.2 Å². The van der Waals surface area contributed by atoms with E-state index in [1.807, 2.05) is 68.5 Å². The van der Waals surface area contributed by atoms with Gasteiger partial charge in [-0.15, -0.1) is 0 Å². The van der Waals surface area contributed by atoms with Crippen molar-refractivity contribution in [1.29, 1.82) is 0 Å². The van der Waals surface area contributed by atoms with Crippen molar-refractivity contribution in [3.63, 3.8) is 0 Å². The molecule has 0 heterocycles. The minimum atomic E-state index is -0.0152. The molecule has 2 aromatic rings. The maximum Gasteiger partial charge on any atom is 0.161 e. The van der Waals surface area contributed by atoms with Crippen molar-refractivity contribution in [2.24, 2.45) is 5.73 Å². The van der Waals surface area contributed by atoms with Crippen molar-refractivity contribution < 1.29 is 43.1 Å². The highest BCUT2D eigenvalue weighted by Gasteiger charge is 2.09. The van der Waals surface area contributed by atoms with E-state index in [0.29, 0.717) is 95.6 Å². The number of hydrogen-bond donors (Lipinski definition) is 2. The predicted octanol–water partition coefficient (Wildman–Crippen LogP) is 5.65. The quantitative estimate of drug-likeness (QED) is 0.0708. The van der Waals surface area contributed by atoms with Gasteiger partial charge in [0, 0.05) is 19.6 Å². The number of carbonyl (C=O) groups excluding carboxylic acids is 1. The molecule has 0 aromatic heterocycles. The van der Waals surface area contributed by atoms with Gasteiger partial charge in [-0.1, -0.05) is 50.3 Å². The van der Waals surface area contributed by atoms with Gasteiger partial charge in [-0.2, -0.15) is 0 Å². The number of aliphatic hydroxyl groups is 1. The highest BCUT2D eigenvalue weighted by Crippen LogP contribution is 2.30. The van der Waals surface area contributed by atoms with Crippen LogP contribution in [0.15, 0.2) is 60.2 Å². The van der Waals surface area contributed by atoms with Gasteiger partial charge in [0.1, 0.15) is 19.8 Å². The first-order valence-electron chi connectivity index (χ1n) is 16.5. The minimum absolute atomic E-state index is 0.00898. The maximum atomic E-state index is 12.9. The molecule has 3 N–H and O–H groups in total. The number of ether oxygens (including phenoxy) is 7. The van der Waals surface area contributed by atoms with Crippen molar-refractivity contribution in [3.05, 3.63) is 71.3 Å². The Labute approximate surface area is 280 Å². The van der Waals surface area contributed by atoms with Crippen LogP contribution in [0.4, 0.5) is 0 Å². The number of hydrogen-bond acceptors (Lipinski definition) is 10. The molecule has 10 nitrogen and oxygen atoms in total. The third kappa shape index (κ3) is 17.2. The summed E-state index contributed by atoms with van der Waals surface area (Å²) >= 11 is 0. The summed E-state index contributed by atoms with van der Waals surface area (Å²) in [7, 11) is 0. The number of carbonyl (C=O) groups is 1. The lowest BCUT2D eigenvalue weighted by atomic mass is 10.0. The molecule has 0 fully saturated rings. The van der Waals surface area contributed by atoms with Gasteiger partial charge in [-0.3, -0.25) is 4.79 Å². The second-order valence-electron chi connectivity index (χ2n) is 10.2. The average Bonchev–Trinajstić information content (AvgIpc) is 3.07. The van der Waals surface area contributed by atoms with Gasteiger partial charge in [-0.25, -0.2) is 0 Å². The predicted molar refractivity (Wildman–Crippen MR) is 185 cm³/mol. The van der Waals surface area contributed by atoms with Crippen molar-refractivity contribution in [2.45, 2.75) is 40.0 Å². The Morgan fingerprint density at radius 1 is 0.681 bits per heavy atom. The van der Waals surface area contributed by atoms with Gasteiger partial charge >= 0.3 is 0 Å². The summed E-state index contributed by atoms with van der Waals surface area (Å²) in [4.78, 5) is 12.9. The Bertz CT molecular complexity index is 1240. The number of allylic oxidation sites excluding steroid dienone is 4. The van der Waals surface area contributed by atoms with Gasteiger partial charge in [0.25, 0.3) is 0 Å². The van der Waals surface area contributed by atoms with E-state index in [0.717, 1.165) is 29.5 Å². The average molecular weight is 656 g/mol. The molecule has 0 saturated heterocycles. The molecule has 260 valence electrons. The zero-order valence-corrected chi connectivity index (χ0v) is 28.2. The fourth-order valence-corrected chi connectivity index (χ4v) is 4.21. The van der Waals surface area contributed by atoms with E-state index in [9.17, 15) is 4.79 Å². The normalized spacial score (nSPS) is 11.8. The second kappa shape index (κ2) is 25.4. The van der Waals surface area contributed by atoms with Crippen LogP contribution in [0.3, 0.4) is 0 Å². The minimum Gasteiger partial charge on any atom is -0.490 e. The molecule has 0 aliphatic carbocycles. The monoisotopic (exact) mass is 655 g/mol. The van der Waals surface area contributed by atoms with Crippen LogP contribution in [0.1, 0.15) is 51.2 Å². The number of aliphatic hydroxyl groups excluding tert-OH is 1. The third-order valence-electron chi connectivity index (χ3n) is 6.33. The first-order chi connectivity index (χ1) is 23.0. The van der Waals surface area contributed by atoms with E-state index in [2.05, 4.69) is 6.92 Å². The zero-order valence-electron chi connectivity index (χ0n) is 28.2. The van der Waals surface area contributed by atoms with E-state index in [1.165, 1.54) is 0 Å². The Hall–Kier alpha value is -3.67. The SMILES string of the molecule is CCC=C(/C=C/c1ccc(OCCOCCOCCO)c(OCCN)c1)CC(=O)/C=C/c1ccc(OCCOCCC)c(OCC)c1. The second-order valence-corrected chi connectivity index (χ2v) is 10.2. The van der Waals surface area contributed by atoms with Crippen LogP contribution in [-0.4, -0.2) is 90.1 Å². The molecule has 0 unspecified atom stereocenters. The lowest BCUT2D eigenvalue weighted by Gasteiger charge is -2.13. The number of ketones is 1. The smallest absolute Gasteiger partial charge is 0.161 e. The molecule has 0 spiro atoms. The van der Waals surface area contributed by atoms with E-state index in [1.54, 1.807) is 12.2 Å². The molecule has 0 aliphatic heterocycles. The lowest BCUT2D eigenvalue weighted by Crippen LogP contribution is -2.13. The summed E-state index contributed by atoms with van der Waals surface area (Å²) in [5.74, 6) is 2.44.